The average Bonchev–Trinajstić information content (AvgIpc) is 2.66. The molecule has 0 fully saturated rings. The van der Waals surface area contributed by atoms with Crippen LogP contribution in [0.4, 0.5) is 5.69 Å². The highest BCUT2D eigenvalue weighted by Gasteiger charge is 2.01. The second-order valence-electron chi connectivity index (χ2n) is 3.22. The van der Waals surface area contributed by atoms with Gasteiger partial charge in [0.2, 0.25) is 0 Å². The van der Waals surface area contributed by atoms with Crippen molar-refractivity contribution in [3.05, 3.63) is 42.0 Å². The van der Waals surface area contributed by atoms with Crippen molar-refractivity contribution in [1.29, 1.82) is 0 Å². The van der Waals surface area contributed by atoms with Crippen molar-refractivity contribution < 1.29 is 0 Å². The lowest BCUT2D eigenvalue weighted by atomic mass is 10.1. The predicted octanol–water partition coefficient (Wildman–Crippen LogP) is 1.22. The first kappa shape index (κ1) is 8.74. The van der Waals surface area contributed by atoms with Crippen molar-refractivity contribution in [2.45, 2.75) is 13.5 Å². The van der Waals surface area contributed by atoms with Crippen LogP contribution in [0.15, 0.2) is 30.9 Å². The van der Waals surface area contributed by atoms with E-state index >= 15 is 0 Å². The highest BCUT2D eigenvalue weighted by atomic mass is 15.3. The van der Waals surface area contributed by atoms with Crippen LogP contribution in [0.25, 0.3) is 0 Å². The summed E-state index contributed by atoms with van der Waals surface area (Å²) in [5.74, 6) is 0. The van der Waals surface area contributed by atoms with Crippen LogP contribution in [0.1, 0.15) is 11.1 Å². The molecule has 4 heteroatoms. The highest BCUT2D eigenvalue weighted by molar-refractivity contribution is 5.49. The van der Waals surface area contributed by atoms with E-state index in [9.17, 15) is 0 Å². The number of rotatable bonds is 2. The molecule has 1 aromatic heterocycles. The number of hydrogen-bond acceptors (Lipinski definition) is 3. The lowest BCUT2D eigenvalue weighted by molar-refractivity contribution is 0.682. The zero-order chi connectivity index (χ0) is 9.97. The van der Waals surface area contributed by atoms with E-state index in [-0.39, 0.29) is 0 Å². The zero-order valence-corrected chi connectivity index (χ0v) is 8.01. The summed E-state index contributed by atoms with van der Waals surface area (Å²) in [5.41, 5.74) is 8.92. The zero-order valence-electron chi connectivity index (χ0n) is 8.01. The molecule has 2 rings (SSSR count). The fraction of sp³-hybridized carbons (Fsp3) is 0.200. The van der Waals surface area contributed by atoms with Crippen LogP contribution in [-0.4, -0.2) is 14.8 Å². The Morgan fingerprint density at radius 2 is 2.29 bits per heavy atom. The van der Waals surface area contributed by atoms with Gasteiger partial charge in [-0.05, 0) is 24.1 Å². The topological polar surface area (TPSA) is 56.7 Å². The third-order valence-electron chi connectivity index (χ3n) is 2.29. The molecular weight excluding hydrogens is 176 g/mol. The van der Waals surface area contributed by atoms with Gasteiger partial charge in [-0.1, -0.05) is 12.1 Å². The molecule has 2 aromatic rings. The molecule has 14 heavy (non-hydrogen) atoms. The van der Waals surface area contributed by atoms with Crippen molar-refractivity contribution in [2.24, 2.45) is 0 Å². The Labute approximate surface area is 82.4 Å². The number of benzene rings is 1. The van der Waals surface area contributed by atoms with Crippen molar-refractivity contribution in [3.8, 4) is 0 Å². The van der Waals surface area contributed by atoms with Gasteiger partial charge in [-0.2, -0.15) is 5.10 Å². The number of nitrogens with two attached hydrogens (primary N) is 1. The standard InChI is InChI=1S/C10H12N4/c1-8-9(3-2-4-10(8)11)5-14-7-12-6-13-14/h2-4,6-7H,5,11H2,1H3. The van der Waals surface area contributed by atoms with Crippen molar-refractivity contribution in [1.82, 2.24) is 14.8 Å². The molecule has 0 amide bonds. The molecule has 0 aliphatic heterocycles. The summed E-state index contributed by atoms with van der Waals surface area (Å²) in [6.07, 6.45) is 3.23. The second-order valence-corrected chi connectivity index (χ2v) is 3.22. The first-order valence-corrected chi connectivity index (χ1v) is 4.44. The number of anilines is 1. The molecule has 72 valence electrons. The summed E-state index contributed by atoms with van der Waals surface area (Å²) < 4.78 is 1.78. The van der Waals surface area contributed by atoms with Crippen LogP contribution in [0, 0.1) is 6.92 Å². The number of nitrogen functional groups attached to an aromatic ring is 1. The van der Waals surface area contributed by atoms with Gasteiger partial charge in [0.25, 0.3) is 0 Å². The Bertz CT molecular complexity index is 420. The summed E-state index contributed by atoms with van der Waals surface area (Å²) in [5, 5.41) is 4.05. The first-order valence-electron chi connectivity index (χ1n) is 4.44. The van der Waals surface area contributed by atoms with E-state index in [1.54, 1.807) is 11.0 Å². The predicted molar refractivity (Wildman–Crippen MR) is 54.7 cm³/mol. The fourth-order valence-corrected chi connectivity index (χ4v) is 1.36. The van der Waals surface area contributed by atoms with Gasteiger partial charge in [-0.25, -0.2) is 9.67 Å². The van der Waals surface area contributed by atoms with Gasteiger partial charge in [0.15, 0.2) is 0 Å². The van der Waals surface area contributed by atoms with E-state index in [1.807, 2.05) is 25.1 Å². The molecular formula is C10H12N4. The lowest BCUT2D eigenvalue weighted by Crippen LogP contribution is -2.03. The van der Waals surface area contributed by atoms with Gasteiger partial charge < -0.3 is 5.73 Å². The Kier molecular flexibility index (Phi) is 2.18. The molecule has 0 aliphatic carbocycles. The number of nitrogens with zero attached hydrogens (tertiary/aromatic N) is 3. The Morgan fingerprint density at radius 3 is 3.00 bits per heavy atom. The van der Waals surface area contributed by atoms with E-state index in [2.05, 4.69) is 10.1 Å². The molecule has 0 unspecified atom stereocenters. The van der Waals surface area contributed by atoms with E-state index in [4.69, 9.17) is 5.73 Å². The van der Waals surface area contributed by atoms with Crippen LogP contribution < -0.4 is 5.73 Å². The maximum atomic E-state index is 5.80. The Hall–Kier alpha value is -1.84. The third-order valence-corrected chi connectivity index (χ3v) is 2.29. The van der Waals surface area contributed by atoms with Crippen LogP contribution in [0.2, 0.25) is 0 Å². The molecule has 0 saturated heterocycles. The molecule has 4 nitrogen and oxygen atoms in total. The van der Waals surface area contributed by atoms with E-state index in [0.29, 0.717) is 0 Å². The van der Waals surface area contributed by atoms with Gasteiger partial charge in [-0.15, -0.1) is 0 Å². The molecule has 1 aromatic carbocycles. The largest absolute Gasteiger partial charge is 0.399 e. The normalized spacial score (nSPS) is 10.4. The van der Waals surface area contributed by atoms with Crippen LogP contribution in [0.3, 0.4) is 0 Å². The SMILES string of the molecule is Cc1c(N)cccc1Cn1cncn1. The molecule has 0 aliphatic rings. The van der Waals surface area contributed by atoms with Gasteiger partial charge >= 0.3 is 0 Å². The van der Waals surface area contributed by atoms with Gasteiger partial charge in [0, 0.05) is 5.69 Å². The van der Waals surface area contributed by atoms with Crippen LogP contribution in [-0.2, 0) is 6.54 Å². The van der Waals surface area contributed by atoms with Gasteiger partial charge in [-0.3, -0.25) is 0 Å². The molecule has 1 heterocycles. The quantitative estimate of drug-likeness (QED) is 0.721. The molecule has 0 radical (unpaired) electrons. The van der Waals surface area contributed by atoms with E-state index in [0.717, 1.165) is 17.8 Å². The van der Waals surface area contributed by atoms with Gasteiger partial charge in [0.05, 0.1) is 6.54 Å². The van der Waals surface area contributed by atoms with E-state index < -0.39 is 0 Å². The Morgan fingerprint density at radius 1 is 1.43 bits per heavy atom. The smallest absolute Gasteiger partial charge is 0.137 e. The summed E-state index contributed by atoms with van der Waals surface area (Å²) in [4.78, 5) is 3.89. The van der Waals surface area contributed by atoms with Crippen LogP contribution >= 0.6 is 0 Å². The van der Waals surface area contributed by atoms with Gasteiger partial charge in [0.1, 0.15) is 12.7 Å². The maximum absolute atomic E-state index is 5.80. The molecule has 2 N–H and O–H groups in total. The highest BCUT2D eigenvalue weighted by Crippen LogP contribution is 2.15. The van der Waals surface area contributed by atoms with Crippen LogP contribution in [0.5, 0.6) is 0 Å². The van der Waals surface area contributed by atoms with Crippen molar-refractivity contribution in [2.75, 3.05) is 5.73 Å². The summed E-state index contributed by atoms with van der Waals surface area (Å²) >= 11 is 0. The fourth-order valence-electron chi connectivity index (χ4n) is 1.36. The lowest BCUT2D eigenvalue weighted by Gasteiger charge is -2.07. The summed E-state index contributed by atoms with van der Waals surface area (Å²) in [6.45, 7) is 2.73. The molecule has 0 spiro atoms. The minimum atomic E-state index is 0.719. The van der Waals surface area contributed by atoms with Crippen molar-refractivity contribution in [3.63, 3.8) is 0 Å². The summed E-state index contributed by atoms with van der Waals surface area (Å²) in [6, 6.07) is 5.90. The first-order chi connectivity index (χ1) is 6.77. The third kappa shape index (κ3) is 1.59. The monoisotopic (exact) mass is 188 g/mol. The molecule has 0 atom stereocenters. The molecule has 0 saturated carbocycles. The average molecular weight is 188 g/mol. The number of hydrogen-bond donors (Lipinski definition) is 1. The summed E-state index contributed by atoms with van der Waals surface area (Å²) in [7, 11) is 0. The van der Waals surface area contributed by atoms with Crippen molar-refractivity contribution >= 4 is 5.69 Å². The number of aromatic nitrogens is 3. The molecule has 0 bridgehead atoms. The maximum Gasteiger partial charge on any atom is 0.137 e. The van der Waals surface area contributed by atoms with E-state index in [1.165, 1.54) is 11.9 Å². The Balaban J connectivity index is 2.29. The minimum absolute atomic E-state index is 0.719. The second kappa shape index (κ2) is 3.49. The minimum Gasteiger partial charge on any atom is -0.399 e.